The van der Waals surface area contributed by atoms with Gasteiger partial charge in [0.2, 0.25) is 11.8 Å². The minimum absolute atomic E-state index is 0.0220. The zero-order valence-electron chi connectivity index (χ0n) is 20.3. The fourth-order valence-electron chi connectivity index (χ4n) is 4.14. The highest BCUT2D eigenvalue weighted by Gasteiger charge is 2.37. The minimum atomic E-state index is -1.23. The second-order valence-corrected chi connectivity index (χ2v) is 10.2. The fraction of sp³-hybridized carbons (Fsp3) is 0.179. The van der Waals surface area contributed by atoms with Crippen molar-refractivity contribution in [3.05, 3.63) is 88.9 Å². The van der Waals surface area contributed by atoms with E-state index in [2.05, 4.69) is 20.9 Å². The van der Waals surface area contributed by atoms with Crippen molar-refractivity contribution < 1.29 is 14.7 Å². The summed E-state index contributed by atoms with van der Waals surface area (Å²) >= 11 is 9.44. The molecule has 0 saturated heterocycles. The summed E-state index contributed by atoms with van der Waals surface area (Å²) < 4.78 is 0. The van der Waals surface area contributed by atoms with E-state index in [1.165, 1.54) is 4.90 Å². The van der Waals surface area contributed by atoms with Gasteiger partial charge in [0.25, 0.3) is 0 Å². The molecule has 4 aromatic rings. The Hall–Kier alpha value is -3.62. The normalized spacial score (nSPS) is 12.1. The first kappa shape index (κ1) is 26.4. The quantitative estimate of drug-likeness (QED) is 0.173. The first-order valence-electron chi connectivity index (χ1n) is 11.6. The maximum absolute atomic E-state index is 12.9. The van der Waals surface area contributed by atoms with Crippen LogP contribution in [0, 0.1) is 0 Å². The SMILES string of the molecule is CC(C)(C(N)=O)N(C(=O)CCBr)c1ccc(N=C(c2ccccc2)c2c(O)[nH]c3cc(Cl)ccc23)cc1. The third-order valence-electron chi connectivity index (χ3n) is 6.09. The maximum Gasteiger partial charge on any atom is 0.243 e. The van der Waals surface area contributed by atoms with Crippen molar-refractivity contribution in [1.29, 1.82) is 0 Å². The van der Waals surface area contributed by atoms with Crippen molar-refractivity contribution >= 4 is 67.3 Å². The number of nitrogens with zero attached hydrogens (tertiary/aromatic N) is 2. The van der Waals surface area contributed by atoms with Gasteiger partial charge in [-0.1, -0.05) is 63.9 Å². The number of aromatic nitrogens is 1. The number of hydrogen-bond donors (Lipinski definition) is 3. The number of carbonyl (C=O) groups excluding carboxylic acids is 2. The van der Waals surface area contributed by atoms with E-state index < -0.39 is 11.4 Å². The van der Waals surface area contributed by atoms with Gasteiger partial charge in [-0.05, 0) is 50.2 Å². The molecular formula is C28H26BrClN4O3. The number of anilines is 1. The smallest absolute Gasteiger partial charge is 0.243 e. The molecule has 0 aliphatic rings. The van der Waals surface area contributed by atoms with Gasteiger partial charge in [-0.2, -0.15) is 0 Å². The summed E-state index contributed by atoms with van der Waals surface area (Å²) in [4.78, 5) is 34.3. The zero-order valence-corrected chi connectivity index (χ0v) is 22.7. The van der Waals surface area contributed by atoms with Crippen LogP contribution in [0.4, 0.5) is 11.4 Å². The molecule has 0 bridgehead atoms. The van der Waals surface area contributed by atoms with Crippen LogP contribution in [0.2, 0.25) is 5.02 Å². The number of hydrogen-bond acceptors (Lipinski definition) is 4. The van der Waals surface area contributed by atoms with Crippen LogP contribution in [-0.2, 0) is 9.59 Å². The van der Waals surface area contributed by atoms with Gasteiger partial charge in [0.15, 0.2) is 5.88 Å². The van der Waals surface area contributed by atoms with E-state index >= 15 is 0 Å². The maximum atomic E-state index is 12.9. The second kappa shape index (κ2) is 10.8. The highest BCUT2D eigenvalue weighted by atomic mass is 79.9. The lowest BCUT2D eigenvalue weighted by Gasteiger charge is -2.36. The highest BCUT2D eigenvalue weighted by molar-refractivity contribution is 9.09. The molecule has 0 aliphatic heterocycles. The van der Waals surface area contributed by atoms with E-state index in [0.717, 1.165) is 10.9 Å². The standard InChI is InChI=1S/C28H26BrClN4O3/c1-28(2,27(31)37)34(23(35)14-15-29)20-11-9-19(10-12-20)32-25(17-6-4-3-5-7-17)24-21-13-8-18(30)16-22(21)33-26(24)36/h3-13,16,33,36H,14-15H2,1-2H3,(H2,31,37). The Kier molecular flexibility index (Phi) is 7.71. The van der Waals surface area contributed by atoms with Crippen LogP contribution in [0.3, 0.4) is 0 Å². The summed E-state index contributed by atoms with van der Waals surface area (Å²) in [5, 5.41) is 12.6. The van der Waals surface area contributed by atoms with Crippen LogP contribution >= 0.6 is 27.5 Å². The molecule has 9 heteroatoms. The molecule has 0 atom stereocenters. The average Bonchev–Trinajstić information content (AvgIpc) is 3.18. The number of halogens is 2. The number of nitrogens with one attached hydrogen (secondary N) is 1. The van der Waals surface area contributed by atoms with E-state index in [-0.39, 0.29) is 18.2 Å². The van der Waals surface area contributed by atoms with Gasteiger partial charge in [-0.15, -0.1) is 0 Å². The molecule has 37 heavy (non-hydrogen) atoms. The molecular weight excluding hydrogens is 556 g/mol. The molecule has 0 saturated carbocycles. The molecule has 0 aliphatic carbocycles. The number of H-pyrrole nitrogens is 1. The summed E-state index contributed by atoms with van der Waals surface area (Å²) in [5.41, 5.74) is 8.12. The molecule has 3 aromatic carbocycles. The van der Waals surface area contributed by atoms with Crippen molar-refractivity contribution in [1.82, 2.24) is 4.98 Å². The molecule has 0 spiro atoms. The fourth-order valence-corrected chi connectivity index (χ4v) is 4.65. The first-order chi connectivity index (χ1) is 17.6. The minimum Gasteiger partial charge on any atom is -0.494 e. The number of primary amides is 1. The van der Waals surface area contributed by atoms with E-state index in [0.29, 0.717) is 38.5 Å². The molecule has 0 fully saturated rings. The van der Waals surface area contributed by atoms with Gasteiger partial charge in [-0.3, -0.25) is 14.5 Å². The van der Waals surface area contributed by atoms with Gasteiger partial charge in [0, 0.05) is 33.4 Å². The van der Waals surface area contributed by atoms with Gasteiger partial charge in [0.1, 0.15) is 5.54 Å². The predicted molar refractivity (Wildman–Crippen MR) is 152 cm³/mol. The number of carbonyl (C=O) groups is 2. The Morgan fingerprint density at radius 2 is 1.76 bits per heavy atom. The topological polar surface area (TPSA) is 112 Å². The van der Waals surface area contributed by atoms with Crippen molar-refractivity contribution in [3.63, 3.8) is 0 Å². The lowest BCUT2D eigenvalue weighted by molar-refractivity contribution is -0.127. The molecule has 2 amide bonds. The van der Waals surface area contributed by atoms with E-state index in [9.17, 15) is 14.7 Å². The number of fused-ring (bicyclic) bond motifs is 1. The number of aliphatic imine (C=N–C) groups is 1. The second-order valence-electron chi connectivity index (χ2n) is 8.97. The number of aromatic amines is 1. The number of alkyl halides is 1. The van der Waals surface area contributed by atoms with Gasteiger partial charge >= 0.3 is 0 Å². The van der Waals surface area contributed by atoms with Crippen LogP contribution in [0.15, 0.2) is 77.8 Å². The number of rotatable bonds is 8. The summed E-state index contributed by atoms with van der Waals surface area (Å²) in [5.74, 6) is -0.866. The first-order valence-corrected chi connectivity index (χ1v) is 13.1. The monoisotopic (exact) mass is 580 g/mol. The molecule has 190 valence electrons. The van der Waals surface area contributed by atoms with Crippen LogP contribution < -0.4 is 10.6 Å². The summed E-state index contributed by atoms with van der Waals surface area (Å²) in [6.45, 7) is 3.24. The van der Waals surface area contributed by atoms with Crippen LogP contribution in [-0.4, -0.2) is 38.5 Å². The summed E-state index contributed by atoms with van der Waals surface area (Å²) in [7, 11) is 0. The molecule has 1 aromatic heterocycles. The molecule has 4 rings (SSSR count). The average molecular weight is 582 g/mol. The van der Waals surface area contributed by atoms with Gasteiger partial charge < -0.3 is 15.8 Å². The Labute approximate surface area is 228 Å². The summed E-state index contributed by atoms with van der Waals surface area (Å²) in [6.07, 6.45) is 0.207. The Bertz CT molecular complexity index is 1480. The highest BCUT2D eigenvalue weighted by Crippen LogP contribution is 2.34. The van der Waals surface area contributed by atoms with Gasteiger partial charge in [0.05, 0.1) is 22.5 Å². The van der Waals surface area contributed by atoms with Crippen LogP contribution in [0.5, 0.6) is 5.88 Å². The number of aromatic hydroxyl groups is 1. The van der Waals surface area contributed by atoms with E-state index in [1.54, 1.807) is 50.2 Å². The zero-order chi connectivity index (χ0) is 26.7. The number of nitrogens with two attached hydrogens (primary N) is 1. The molecule has 1 heterocycles. The van der Waals surface area contributed by atoms with Crippen molar-refractivity contribution in [2.75, 3.05) is 10.2 Å². The van der Waals surface area contributed by atoms with Gasteiger partial charge in [-0.25, -0.2) is 4.99 Å². The Balaban J connectivity index is 1.82. The summed E-state index contributed by atoms with van der Waals surface area (Å²) in [6, 6.07) is 21.8. The van der Waals surface area contributed by atoms with Crippen molar-refractivity contribution in [2.24, 2.45) is 10.7 Å². The lowest BCUT2D eigenvalue weighted by atomic mass is 9.99. The Morgan fingerprint density at radius 1 is 1.08 bits per heavy atom. The molecule has 4 N–H and O–H groups in total. The third-order valence-corrected chi connectivity index (χ3v) is 6.73. The van der Waals surface area contributed by atoms with E-state index in [4.69, 9.17) is 22.3 Å². The third kappa shape index (κ3) is 5.40. The largest absolute Gasteiger partial charge is 0.494 e. The van der Waals surface area contributed by atoms with E-state index in [1.807, 2.05) is 36.4 Å². The predicted octanol–water partition coefficient (Wildman–Crippen LogP) is 6.08. The number of benzene rings is 3. The van der Waals surface area contributed by atoms with Crippen LogP contribution in [0.1, 0.15) is 31.4 Å². The van der Waals surface area contributed by atoms with Crippen molar-refractivity contribution in [3.8, 4) is 5.88 Å². The molecule has 0 unspecified atom stereocenters. The Morgan fingerprint density at radius 3 is 2.38 bits per heavy atom. The molecule has 0 radical (unpaired) electrons. The van der Waals surface area contributed by atoms with Crippen LogP contribution in [0.25, 0.3) is 10.9 Å². The lowest BCUT2D eigenvalue weighted by Crippen LogP contribution is -2.56. The molecule has 7 nitrogen and oxygen atoms in total. The van der Waals surface area contributed by atoms with Crippen molar-refractivity contribution in [2.45, 2.75) is 25.8 Å². The number of amides is 2.